The molecular formula is C12H14O2S2. The van der Waals surface area contributed by atoms with E-state index in [2.05, 4.69) is 31.8 Å². The standard InChI is InChI=1S/C12H14O2S2/c1-8(2)12(13)14-6-5-9-3-4-10(15)11(16)7-9/h3-4,7,15-16H,1,5-6H2,2H3. The first-order chi connectivity index (χ1) is 7.50. The monoisotopic (exact) mass is 254 g/mol. The summed E-state index contributed by atoms with van der Waals surface area (Å²) in [7, 11) is 0. The average Bonchev–Trinajstić information content (AvgIpc) is 2.23. The molecule has 1 aromatic rings. The van der Waals surface area contributed by atoms with E-state index in [1.807, 2.05) is 18.2 Å². The molecular weight excluding hydrogens is 240 g/mol. The van der Waals surface area contributed by atoms with Crippen LogP contribution < -0.4 is 0 Å². The fourth-order valence-corrected chi connectivity index (χ4v) is 1.49. The molecule has 1 aromatic carbocycles. The number of hydrogen-bond donors (Lipinski definition) is 2. The van der Waals surface area contributed by atoms with E-state index in [4.69, 9.17) is 4.74 Å². The van der Waals surface area contributed by atoms with Crippen LogP contribution in [0, 0.1) is 0 Å². The van der Waals surface area contributed by atoms with E-state index < -0.39 is 0 Å². The summed E-state index contributed by atoms with van der Waals surface area (Å²) in [6.07, 6.45) is 0.667. The molecule has 0 atom stereocenters. The highest BCUT2D eigenvalue weighted by Crippen LogP contribution is 2.19. The van der Waals surface area contributed by atoms with E-state index in [1.54, 1.807) is 6.92 Å². The lowest BCUT2D eigenvalue weighted by Gasteiger charge is -2.06. The second-order valence-corrected chi connectivity index (χ2v) is 4.45. The molecule has 2 nitrogen and oxygen atoms in total. The molecule has 0 saturated heterocycles. The Morgan fingerprint density at radius 1 is 1.38 bits per heavy atom. The molecule has 0 spiro atoms. The van der Waals surface area contributed by atoms with Crippen molar-refractivity contribution in [3.8, 4) is 0 Å². The molecule has 0 unspecified atom stereocenters. The SMILES string of the molecule is C=C(C)C(=O)OCCc1ccc(S)c(S)c1. The lowest BCUT2D eigenvalue weighted by molar-refractivity contribution is -0.138. The van der Waals surface area contributed by atoms with Crippen molar-refractivity contribution in [2.24, 2.45) is 0 Å². The Balaban J connectivity index is 2.46. The summed E-state index contributed by atoms with van der Waals surface area (Å²) < 4.78 is 4.99. The van der Waals surface area contributed by atoms with E-state index in [-0.39, 0.29) is 5.97 Å². The van der Waals surface area contributed by atoms with Crippen molar-refractivity contribution >= 4 is 31.2 Å². The Hall–Kier alpha value is -0.870. The third kappa shape index (κ3) is 3.94. The minimum atomic E-state index is -0.350. The van der Waals surface area contributed by atoms with Gasteiger partial charge in [0.1, 0.15) is 0 Å². The molecule has 0 bridgehead atoms. The fraction of sp³-hybridized carbons (Fsp3) is 0.250. The van der Waals surface area contributed by atoms with Gasteiger partial charge in [-0.3, -0.25) is 0 Å². The molecule has 0 aliphatic rings. The van der Waals surface area contributed by atoms with Crippen molar-refractivity contribution < 1.29 is 9.53 Å². The van der Waals surface area contributed by atoms with E-state index >= 15 is 0 Å². The van der Waals surface area contributed by atoms with Crippen LogP contribution in [0.5, 0.6) is 0 Å². The molecule has 4 heteroatoms. The van der Waals surface area contributed by atoms with Gasteiger partial charge in [0.05, 0.1) is 6.61 Å². The van der Waals surface area contributed by atoms with Crippen molar-refractivity contribution in [3.05, 3.63) is 35.9 Å². The predicted molar refractivity (Wildman–Crippen MR) is 70.4 cm³/mol. The van der Waals surface area contributed by atoms with Gasteiger partial charge < -0.3 is 4.74 Å². The topological polar surface area (TPSA) is 26.3 Å². The molecule has 0 N–H and O–H groups in total. The third-order valence-electron chi connectivity index (χ3n) is 2.01. The molecule has 0 saturated carbocycles. The van der Waals surface area contributed by atoms with E-state index in [0.29, 0.717) is 18.6 Å². The van der Waals surface area contributed by atoms with Crippen molar-refractivity contribution in [2.75, 3.05) is 6.61 Å². The van der Waals surface area contributed by atoms with Crippen molar-refractivity contribution in [1.82, 2.24) is 0 Å². The van der Waals surface area contributed by atoms with Gasteiger partial charge in [0.15, 0.2) is 0 Å². The first-order valence-electron chi connectivity index (χ1n) is 4.84. The number of hydrogen-bond acceptors (Lipinski definition) is 4. The number of carbonyl (C=O) groups excluding carboxylic acids is 1. The number of esters is 1. The molecule has 0 radical (unpaired) electrons. The second kappa shape index (κ2) is 6.01. The van der Waals surface area contributed by atoms with Crippen molar-refractivity contribution in [3.63, 3.8) is 0 Å². The summed E-state index contributed by atoms with van der Waals surface area (Å²) >= 11 is 8.49. The Morgan fingerprint density at radius 2 is 2.06 bits per heavy atom. The zero-order valence-corrected chi connectivity index (χ0v) is 10.9. The normalized spacial score (nSPS) is 9.94. The number of carbonyl (C=O) groups is 1. The fourth-order valence-electron chi connectivity index (χ4n) is 1.11. The van der Waals surface area contributed by atoms with Gasteiger partial charge in [-0.1, -0.05) is 12.6 Å². The summed E-state index contributed by atoms with van der Waals surface area (Å²) in [6.45, 7) is 5.49. The minimum Gasteiger partial charge on any atom is -0.462 e. The van der Waals surface area contributed by atoms with Gasteiger partial charge in [-0.15, -0.1) is 25.3 Å². The van der Waals surface area contributed by atoms with Crippen LogP contribution >= 0.6 is 25.3 Å². The molecule has 86 valence electrons. The van der Waals surface area contributed by atoms with E-state index in [9.17, 15) is 4.79 Å². The minimum absolute atomic E-state index is 0.350. The van der Waals surface area contributed by atoms with Crippen LogP contribution in [0.3, 0.4) is 0 Å². The number of ether oxygens (including phenoxy) is 1. The van der Waals surface area contributed by atoms with Crippen LogP contribution in [0.2, 0.25) is 0 Å². The van der Waals surface area contributed by atoms with Crippen LogP contribution in [0.15, 0.2) is 40.1 Å². The van der Waals surface area contributed by atoms with Crippen LogP contribution in [-0.2, 0) is 16.0 Å². The molecule has 0 fully saturated rings. The van der Waals surface area contributed by atoms with Gasteiger partial charge in [0.2, 0.25) is 0 Å². The number of benzene rings is 1. The molecule has 0 amide bonds. The number of thiol groups is 2. The quantitative estimate of drug-likeness (QED) is 0.491. The van der Waals surface area contributed by atoms with Crippen LogP contribution in [0.4, 0.5) is 0 Å². The van der Waals surface area contributed by atoms with Gasteiger partial charge >= 0.3 is 5.97 Å². The zero-order chi connectivity index (χ0) is 12.1. The van der Waals surface area contributed by atoms with Crippen molar-refractivity contribution in [1.29, 1.82) is 0 Å². The lowest BCUT2D eigenvalue weighted by atomic mass is 10.2. The Bertz CT molecular complexity index is 413. The molecule has 1 rings (SSSR count). The van der Waals surface area contributed by atoms with Gasteiger partial charge in [0, 0.05) is 21.8 Å². The first-order valence-corrected chi connectivity index (χ1v) is 5.73. The molecule has 0 aromatic heterocycles. The highest BCUT2D eigenvalue weighted by Gasteiger charge is 2.03. The Kier molecular flexibility index (Phi) is 4.96. The summed E-state index contributed by atoms with van der Waals surface area (Å²) in [6, 6.07) is 5.73. The lowest BCUT2D eigenvalue weighted by Crippen LogP contribution is -2.08. The van der Waals surface area contributed by atoms with Gasteiger partial charge in [0.25, 0.3) is 0 Å². The highest BCUT2D eigenvalue weighted by atomic mass is 32.1. The summed E-state index contributed by atoms with van der Waals surface area (Å²) in [5.41, 5.74) is 1.48. The molecule has 16 heavy (non-hydrogen) atoms. The predicted octanol–water partition coefficient (Wildman–Crippen LogP) is 2.93. The third-order valence-corrected chi connectivity index (χ3v) is 2.95. The summed E-state index contributed by atoms with van der Waals surface area (Å²) in [5, 5.41) is 0. The average molecular weight is 254 g/mol. The Morgan fingerprint density at radius 3 is 2.62 bits per heavy atom. The maximum atomic E-state index is 11.1. The summed E-state index contributed by atoms with van der Waals surface area (Å²) in [4.78, 5) is 12.8. The largest absolute Gasteiger partial charge is 0.462 e. The zero-order valence-electron chi connectivity index (χ0n) is 9.06. The summed E-state index contributed by atoms with van der Waals surface area (Å²) in [5.74, 6) is -0.350. The van der Waals surface area contributed by atoms with E-state index in [1.165, 1.54) is 0 Å². The number of rotatable bonds is 4. The first kappa shape index (κ1) is 13.2. The van der Waals surface area contributed by atoms with Crippen molar-refractivity contribution in [2.45, 2.75) is 23.1 Å². The van der Waals surface area contributed by atoms with E-state index in [0.717, 1.165) is 15.4 Å². The molecule has 0 heterocycles. The smallest absolute Gasteiger partial charge is 0.333 e. The van der Waals surface area contributed by atoms with Gasteiger partial charge in [-0.05, 0) is 24.6 Å². The van der Waals surface area contributed by atoms with Gasteiger partial charge in [-0.25, -0.2) is 4.79 Å². The molecule has 0 aliphatic heterocycles. The van der Waals surface area contributed by atoms with Crippen LogP contribution in [-0.4, -0.2) is 12.6 Å². The van der Waals surface area contributed by atoms with Gasteiger partial charge in [-0.2, -0.15) is 0 Å². The maximum absolute atomic E-state index is 11.1. The second-order valence-electron chi connectivity index (χ2n) is 3.49. The van der Waals surface area contributed by atoms with Crippen LogP contribution in [0.25, 0.3) is 0 Å². The maximum Gasteiger partial charge on any atom is 0.333 e. The highest BCUT2D eigenvalue weighted by molar-refractivity contribution is 7.83. The van der Waals surface area contributed by atoms with Crippen LogP contribution in [0.1, 0.15) is 12.5 Å². The molecule has 0 aliphatic carbocycles. The Labute approximate surface area is 107 Å².